The first kappa shape index (κ1) is 30.3. The summed E-state index contributed by atoms with van der Waals surface area (Å²) in [6.07, 6.45) is 0.261. The molecule has 0 aliphatic rings. The van der Waals surface area contributed by atoms with Gasteiger partial charge in [-0.1, -0.05) is 44.0 Å². The molecule has 6 N–H and O–H groups in total. The van der Waals surface area contributed by atoms with Crippen LogP contribution in [-0.4, -0.2) is 68.5 Å². The Hall–Kier alpha value is -1.92. The molecule has 36 heavy (non-hydrogen) atoms. The zero-order valence-electron chi connectivity index (χ0n) is 18.8. The van der Waals surface area contributed by atoms with E-state index in [0.29, 0.717) is 31.7 Å². The Bertz CT molecular complexity index is 1050. The molecule has 0 fully saturated rings. The van der Waals surface area contributed by atoms with Crippen LogP contribution in [0.4, 0.5) is 0 Å². The van der Waals surface area contributed by atoms with E-state index in [2.05, 4.69) is 20.9 Å². The van der Waals surface area contributed by atoms with Crippen molar-refractivity contribution in [1.82, 2.24) is 10.6 Å². The van der Waals surface area contributed by atoms with Crippen molar-refractivity contribution in [1.29, 1.82) is 0 Å². The van der Waals surface area contributed by atoms with Crippen molar-refractivity contribution in [2.24, 2.45) is 10.3 Å². The predicted molar refractivity (Wildman–Crippen MR) is 158 cm³/mol. The molecule has 0 aromatic heterocycles. The number of rotatable bonds is 13. The molecular formula is C22H24I2N4O6S2. The Kier molecular flexibility index (Phi) is 13.5. The van der Waals surface area contributed by atoms with Crippen LogP contribution in [0.5, 0.6) is 11.5 Å². The number of nitrogens with one attached hydrogen (secondary N) is 2. The fraction of sp³-hybridized carbons (Fsp3) is 0.273. The second kappa shape index (κ2) is 16.0. The molecular weight excluding hydrogens is 734 g/mol. The van der Waals surface area contributed by atoms with Gasteiger partial charge in [-0.2, -0.15) is 0 Å². The van der Waals surface area contributed by atoms with Gasteiger partial charge in [-0.05, 0) is 80.6 Å². The number of oxime groups is 2. The Morgan fingerprint density at radius 1 is 0.750 bits per heavy atom. The van der Waals surface area contributed by atoms with Crippen LogP contribution in [0.3, 0.4) is 0 Å². The molecule has 2 rings (SSSR count). The Labute approximate surface area is 243 Å². The molecule has 0 radical (unpaired) electrons. The highest BCUT2D eigenvalue weighted by molar-refractivity contribution is 14.1. The highest BCUT2D eigenvalue weighted by Crippen LogP contribution is 2.22. The largest absolute Gasteiger partial charge is 0.507 e. The second-order valence-corrected chi connectivity index (χ2v) is 12.2. The third kappa shape index (κ3) is 10.2. The molecule has 10 nitrogen and oxygen atoms in total. The molecule has 14 heteroatoms. The number of phenolic OH excluding ortho intramolecular Hbond substituents is 2. The fourth-order valence-electron chi connectivity index (χ4n) is 2.76. The second-order valence-electron chi connectivity index (χ2n) is 7.17. The lowest BCUT2D eigenvalue weighted by atomic mass is 10.1. The van der Waals surface area contributed by atoms with Crippen LogP contribution in [0, 0.1) is 7.14 Å². The van der Waals surface area contributed by atoms with E-state index >= 15 is 0 Å². The lowest BCUT2D eigenvalue weighted by Gasteiger charge is -2.08. The number of phenols is 2. The monoisotopic (exact) mass is 758 g/mol. The highest BCUT2D eigenvalue weighted by atomic mass is 127. The van der Waals surface area contributed by atoms with Gasteiger partial charge in [-0.15, -0.1) is 0 Å². The maximum atomic E-state index is 12.2. The first-order valence-electron chi connectivity index (χ1n) is 10.4. The number of hydrogen-bond acceptors (Lipinski definition) is 10. The van der Waals surface area contributed by atoms with E-state index in [9.17, 15) is 30.2 Å². The summed E-state index contributed by atoms with van der Waals surface area (Å²) in [7, 11) is 3.02. The minimum atomic E-state index is -0.474. The lowest BCUT2D eigenvalue weighted by molar-refractivity contribution is -0.115. The normalized spacial score (nSPS) is 11.8. The van der Waals surface area contributed by atoms with E-state index in [-0.39, 0.29) is 35.8 Å². The lowest BCUT2D eigenvalue weighted by Crippen LogP contribution is -2.34. The molecule has 194 valence electrons. The van der Waals surface area contributed by atoms with Crippen LogP contribution >= 0.6 is 66.8 Å². The first-order chi connectivity index (χ1) is 17.2. The van der Waals surface area contributed by atoms with Gasteiger partial charge in [0.05, 0.1) is 7.14 Å². The van der Waals surface area contributed by atoms with E-state index in [1.165, 1.54) is 33.7 Å². The van der Waals surface area contributed by atoms with Crippen molar-refractivity contribution in [3.8, 4) is 11.5 Å². The summed E-state index contributed by atoms with van der Waals surface area (Å²) in [5.74, 6) is 0.541. The van der Waals surface area contributed by atoms with Gasteiger partial charge in [0.1, 0.15) is 22.9 Å². The van der Waals surface area contributed by atoms with Crippen molar-refractivity contribution >= 4 is 90.0 Å². The number of amides is 2. The zero-order chi connectivity index (χ0) is 26.5. The van der Waals surface area contributed by atoms with E-state index in [4.69, 9.17) is 0 Å². The van der Waals surface area contributed by atoms with Gasteiger partial charge in [-0.3, -0.25) is 9.59 Å². The Balaban J connectivity index is 1.62. The average Bonchev–Trinajstić information content (AvgIpc) is 2.86. The predicted octanol–water partition coefficient (Wildman–Crippen LogP) is 3.37. The van der Waals surface area contributed by atoms with Crippen LogP contribution in [0.2, 0.25) is 0 Å². The fourth-order valence-corrected chi connectivity index (χ4v) is 5.74. The van der Waals surface area contributed by atoms with Gasteiger partial charge in [0.25, 0.3) is 11.8 Å². The Morgan fingerprint density at radius 3 is 1.47 bits per heavy atom. The highest BCUT2D eigenvalue weighted by Gasteiger charge is 2.15. The average molecular weight is 758 g/mol. The summed E-state index contributed by atoms with van der Waals surface area (Å²) in [5, 5.41) is 49.1. The van der Waals surface area contributed by atoms with Crippen LogP contribution in [-0.2, 0) is 22.4 Å². The SMILES string of the molecule is O=C(NCCSSCCNC(=O)/C(Cc1ccc(O)c(I)c1)=N/O)/C(Cc1ccc(O)c(I)c1)=N/O. The van der Waals surface area contributed by atoms with E-state index in [1.54, 1.807) is 24.3 Å². The van der Waals surface area contributed by atoms with Crippen LogP contribution < -0.4 is 10.6 Å². The number of aromatic hydroxyl groups is 2. The molecule has 0 bridgehead atoms. The van der Waals surface area contributed by atoms with Crippen molar-refractivity contribution in [2.75, 3.05) is 24.6 Å². The van der Waals surface area contributed by atoms with E-state index in [0.717, 1.165) is 11.1 Å². The van der Waals surface area contributed by atoms with Crippen molar-refractivity contribution in [3.63, 3.8) is 0 Å². The summed E-state index contributed by atoms with van der Waals surface area (Å²) >= 11 is 3.95. The number of carbonyl (C=O) groups is 2. The summed E-state index contributed by atoms with van der Waals surface area (Å²) in [6.45, 7) is 0.726. The van der Waals surface area contributed by atoms with Gasteiger partial charge in [0, 0.05) is 37.4 Å². The van der Waals surface area contributed by atoms with Crippen molar-refractivity contribution < 1.29 is 30.2 Å². The molecule has 0 unspecified atom stereocenters. The summed E-state index contributed by atoms with van der Waals surface area (Å²) in [5.41, 5.74) is 1.42. The topological polar surface area (TPSA) is 164 Å². The van der Waals surface area contributed by atoms with Gasteiger partial charge in [-0.25, -0.2) is 0 Å². The number of nitrogens with zero attached hydrogens (tertiary/aromatic N) is 2. The van der Waals surface area contributed by atoms with E-state index in [1.807, 2.05) is 45.2 Å². The first-order valence-corrected chi connectivity index (χ1v) is 15.1. The Morgan fingerprint density at radius 2 is 1.14 bits per heavy atom. The van der Waals surface area contributed by atoms with Crippen molar-refractivity contribution in [2.45, 2.75) is 12.8 Å². The molecule has 2 aromatic rings. The van der Waals surface area contributed by atoms with Crippen LogP contribution in [0.1, 0.15) is 11.1 Å². The standard InChI is InChI=1S/C22H24I2N4O6S2/c23-15-9-13(1-3-19(15)29)11-17(27-33)21(31)25-5-7-35-36-8-6-26-22(32)18(28-34)12-14-2-4-20(30)16(24)10-14/h1-4,9-10,29-30,33-34H,5-8,11-12H2,(H,25,31)(H,26,32)/b27-17+,28-18+. The molecule has 0 aliphatic heterocycles. The minimum Gasteiger partial charge on any atom is -0.507 e. The maximum Gasteiger partial charge on any atom is 0.269 e. The quantitative estimate of drug-likeness (QED) is 0.0453. The molecule has 0 aliphatic carbocycles. The molecule has 2 amide bonds. The number of carbonyl (C=O) groups excluding carboxylic acids is 2. The number of benzene rings is 2. The van der Waals surface area contributed by atoms with Gasteiger partial charge >= 0.3 is 0 Å². The molecule has 0 atom stereocenters. The number of hydrogen-bond donors (Lipinski definition) is 6. The summed E-state index contributed by atoms with van der Waals surface area (Å²) < 4.78 is 1.28. The van der Waals surface area contributed by atoms with Crippen LogP contribution in [0.15, 0.2) is 46.7 Å². The van der Waals surface area contributed by atoms with Crippen LogP contribution in [0.25, 0.3) is 0 Å². The molecule has 0 saturated carbocycles. The van der Waals surface area contributed by atoms with Gasteiger partial charge in [0.15, 0.2) is 0 Å². The zero-order valence-corrected chi connectivity index (χ0v) is 24.7. The maximum absolute atomic E-state index is 12.2. The third-order valence-electron chi connectivity index (χ3n) is 4.56. The third-order valence-corrected chi connectivity index (χ3v) is 8.69. The molecule has 2 aromatic carbocycles. The molecule has 0 heterocycles. The minimum absolute atomic E-state index is 0.0276. The van der Waals surface area contributed by atoms with E-state index < -0.39 is 11.8 Å². The molecule has 0 spiro atoms. The smallest absolute Gasteiger partial charge is 0.269 e. The number of halogens is 2. The van der Waals surface area contributed by atoms with Gasteiger partial charge < -0.3 is 31.3 Å². The van der Waals surface area contributed by atoms with Gasteiger partial charge in [0.2, 0.25) is 0 Å². The van der Waals surface area contributed by atoms with Crippen molar-refractivity contribution in [3.05, 3.63) is 54.7 Å². The molecule has 0 saturated heterocycles. The summed E-state index contributed by atoms with van der Waals surface area (Å²) in [6, 6.07) is 9.78. The summed E-state index contributed by atoms with van der Waals surface area (Å²) in [4.78, 5) is 24.5.